The Kier molecular flexibility index (Phi) is 4.56. The Morgan fingerprint density at radius 3 is 2.74 bits per heavy atom. The highest BCUT2D eigenvalue weighted by Crippen LogP contribution is 2.19. The molecule has 1 aliphatic rings. The van der Waals surface area contributed by atoms with Crippen LogP contribution in [0, 0.1) is 0 Å². The summed E-state index contributed by atoms with van der Waals surface area (Å²) in [4.78, 5) is 14.1. The van der Waals surface area contributed by atoms with Gasteiger partial charge in [0, 0.05) is 13.7 Å². The first kappa shape index (κ1) is 14.0. The van der Waals surface area contributed by atoms with Crippen molar-refractivity contribution < 1.29 is 9.53 Å². The van der Waals surface area contributed by atoms with Gasteiger partial charge in [-0.15, -0.1) is 0 Å². The number of likely N-dealkylation sites (N-methyl/N-ethyl adjacent to an activating group) is 1. The Hall–Kier alpha value is -1.39. The van der Waals surface area contributed by atoms with Crippen LogP contribution < -0.4 is 5.73 Å². The van der Waals surface area contributed by atoms with E-state index in [2.05, 4.69) is 0 Å². The molecule has 0 saturated carbocycles. The van der Waals surface area contributed by atoms with Gasteiger partial charge in [-0.25, -0.2) is 0 Å². The first-order valence-corrected chi connectivity index (χ1v) is 6.77. The molecule has 4 nitrogen and oxygen atoms in total. The number of hydrogen-bond acceptors (Lipinski definition) is 3. The molecule has 1 aromatic carbocycles. The third-order valence-corrected chi connectivity index (χ3v) is 3.80. The summed E-state index contributed by atoms with van der Waals surface area (Å²) in [5.41, 5.74) is 7.12. The Bertz CT molecular complexity index is 421. The van der Waals surface area contributed by atoms with E-state index in [4.69, 9.17) is 10.5 Å². The zero-order chi connectivity index (χ0) is 13.8. The standard InChI is InChI=1S/C15H22N2O2/c1-11-14(8-9-19-11)17(2)15(18)13(16)10-12-6-4-3-5-7-12/h3-7,11,13-14H,8-10,16H2,1-2H3. The van der Waals surface area contributed by atoms with Crippen molar-refractivity contribution in [3.63, 3.8) is 0 Å². The third kappa shape index (κ3) is 3.33. The molecule has 19 heavy (non-hydrogen) atoms. The summed E-state index contributed by atoms with van der Waals surface area (Å²) < 4.78 is 5.50. The number of amides is 1. The predicted octanol–water partition coefficient (Wildman–Crippen LogP) is 1.19. The number of benzene rings is 1. The summed E-state index contributed by atoms with van der Waals surface area (Å²) in [6, 6.07) is 9.53. The molecule has 3 unspecified atom stereocenters. The minimum absolute atomic E-state index is 0.00815. The van der Waals surface area contributed by atoms with Gasteiger partial charge in [-0.05, 0) is 25.3 Å². The molecule has 104 valence electrons. The minimum Gasteiger partial charge on any atom is -0.376 e. The third-order valence-electron chi connectivity index (χ3n) is 3.80. The Morgan fingerprint density at radius 1 is 1.47 bits per heavy atom. The smallest absolute Gasteiger partial charge is 0.239 e. The van der Waals surface area contributed by atoms with Crippen molar-refractivity contribution in [2.45, 2.75) is 38.0 Å². The quantitative estimate of drug-likeness (QED) is 0.887. The highest BCUT2D eigenvalue weighted by Gasteiger charge is 2.32. The van der Waals surface area contributed by atoms with Crippen molar-refractivity contribution in [3.8, 4) is 0 Å². The molecule has 1 aromatic rings. The van der Waals surface area contributed by atoms with Crippen LogP contribution in [-0.2, 0) is 16.0 Å². The van der Waals surface area contributed by atoms with Crippen molar-refractivity contribution in [2.75, 3.05) is 13.7 Å². The van der Waals surface area contributed by atoms with E-state index in [0.717, 1.165) is 18.6 Å². The van der Waals surface area contributed by atoms with Gasteiger partial charge >= 0.3 is 0 Å². The van der Waals surface area contributed by atoms with Crippen molar-refractivity contribution in [3.05, 3.63) is 35.9 Å². The van der Waals surface area contributed by atoms with Gasteiger partial charge in [0.15, 0.2) is 0 Å². The van der Waals surface area contributed by atoms with Crippen molar-refractivity contribution in [1.29, 1.82) is 0 Å². The summed E-state index contributed by atoms with van der Waals surface area (Å²) in [6.07, 6.45) is 1.56. The second kappa shape index (κ2) is 6.17. The molecular formula is C15H22N2O2. The average molecular weight is 262 g/mol. The molecule has 4 heteroatoms. The Labute approximate surface area is 114 Å². The maximum atomic E-state index is 12.3. The maximum Gasteiger partial charge on any atom is 0.239 e. The fourth-order valence-corrected chi connectivity index (χ4v) is 2.61. The molecule has 2 rings (SSSR count). The Balaban J connectivity index is 1.95. The van der Waals surface area contributed by atoms with E-state index in [9.17, 15) is 4.79 Å². The second-order valence-corrected chi connectivity index (χ2v) is 5.18. The van der Waals surface area contributed by atoms with Crippen molar-refractivity contribution in [2.24, 2.45) is 5.73 Å². The molecule has 3 atom stereocenters. The lowest BCUT2D eigenvalue weighted by molar-refractivity contribution is -0.134. The summed E-state index contributed by atoms with van der Waals surface area (Å²) in [5, 5.41) is 0. The molecule has 0 aliphatic carbocycles. The molecule has 0 bridgehead atoms. The van der Waals surface area contributed by atoms with E-state index in [0.29, 0.717) is 6.42 Å². The van der Waals surface area contributed by atoms with Gasteiger partial charge in [-0.1, -0.05) is 30.3 Å². The van der Waals surface area contributed by atoms with Crippen LogP contribution >= 0.6 is 0 Å². The number of hydrogen-bond donors (Lipinski definition) is 1. The topological polar surface area (TPSA) is 55.6 Å². The lowest BCUT2D eigenvalue weighted by Crippen LogP contribution is -2.49. The monoisotopic (exact) mass is 262 g/mol. The molecule has 0 radical (unpaired) electrons. The van der Waals surface area contributed by atoms with Crippen LogP contribution in [0.2, 0.25) is 0 Å². The molecule has 0 aromatic heterocycles. The summed E-state index contributed by atoms with van der Waals surface area (Å²) in [5.74, 6) is -0.00815. The van der Waals surface area contributed by atoms with E-state index in [-0.39, 0.29) is 18.1 Å². The Morgan fingerprint density at radius 2 is 2.16 bits per heavy atom. The zero-order valence-electron chi connectivity index (χ0n) is 11.6. The van der Waals surface area contributed by atoms with E-state index in [1.807, 2.05) is 44.3 Å². The molecule has 1 aliphatic heterocycles. The van der Waals surface area contributed by atoms with Crippen molar-refractivity contribution in [1.82, 2.24) is 4.90 Å². The van der Waals surface area contributed by atoms with Gasteiger partial charge in [0.2, 0.25) is 5.91 Å². The molecule has 0 spiro atoms. The number of nitrogens with two attached hydrogens (primary N) is 1. The van der Waals surface area contributed by atoms with Crippen LogP contribution in [-0.4, -0.2) is 42.6 Å². The lowest BCUT2D eigenvalue weighted by Gasteiger charge is -2.29. The maximum absolute atomic E-state index is 12.3. The SMILES string of the molecule is CC1OCCC1N(C)C(=O)C(N)Cc1ccccc1. The number of carbonyl (C=O) groups is 1. The van der Waals surface area contributed by atoms with Crippen LogP contribution in [0.5, 0.6) is 0 Å². The average Bonchev–Trinajstić information content (AvgIpc) is 2.84. The zero-order valence-corrected chi connectivity index (χ0v) is 11.6. The fourth-order valence-electron chi connectivity index (χ4n) is 2.61. The van der Waals surface area contributed by atoms with E-state index < -0.39 is 6.04 Å². The van der Waals surface area contributed by atoms with Gasteiger partial charge in [0.25, 0.3) is 0 Å². The van der Waals surface area contributed by atoms with Gasteiger partial charge in [0.05, 0.1) is 18.2 Å². The molecule has 1 saturated heterocycles. The lowest BCUT2D eigenvalue weighted by atomic mass is 10.0. The molecule has 1 fully saturated rings. The molecular weight excluding hydrogens is 240 g/mol. The van der Waals surface area contributed by atoms with Crippen LogP contribution in [0.25, 0.3) is 0 Å². The van der Waals surface area contributed by atoms with Crippen LogP contribution in [0.4, 0.5) is 0 Å². The minimum atomic E-state index is -0.486. The van der Waals surface area contributed by atoms with Crippen LogP contribution in [0.3, 0.4) is 0 Å². The highest BCUT2D eigenvalue weighted by molar-refractivity contribution is 5.82. The van der Waals surface area contributed by atoms with Gasteiger partial charge in [-0.3, -0.25) is 4.79 Å². The predicted molar refractivity (Wildman–Crippen MR) is 74.7 cm³/mol. The normalized spacial score (nSPS) is 24.2. The largest absolute Gasteiger partial charge is 0.376 e. The number of carbonyl (C=O) groups excluding carboxylic acids is 1. The van der Waals surface area contributed by atoms with Gasteiger partial charge < -0.3 is 15.4 Å². The molecule has 2 N–H and O–H groups in total. The van der Waals surface area contributed by atoms with E-state index in [1.54, 1.807) is 4.90 Å². The van der Waals surface area contributed by atoms with Crippen LogP contribution in [0.1, 0.15) is 18.9 Å². The number of ether oxygens (including phenoxy) is 1. The first-order chi connectivity index (χ1) is 9.09. The van der Waals surface area contributed by atoms with Gasteiger partial charge in [-0.2, -0.15) is 0 Å². The number of rotatable bonds is 4. The summed E-state index contributed by atoms with van der Waals surface area (Å²) in [7, 11) is 1.82. The summed E-state index contributed by atoms with van der Waals surface area (Å²) in [6.45, 7) is 2.72. The van der Waals surface area contributed by atoms with Crippen molar-refractivity contribution >= 4 is 5.91 Å². The number of nitrogens with zero attached hydrogens (tertiary/aromatic N) is 1. The van der Waals surface area contributed by atoms with E-state index in [1.165, 1.54) is 0 Å². The van der Waals surface area contributed by atoms with E-state index >= 15 is 0 Å². The van der Waals surface area contributed by atoms with Crippen LogP contribution in [0.15, 0.2) is 30.3 Å². The molecule has 1 amide bonds. The summed E-state index contributed by atoms with van der Waals surface area (Å²) >= 11 is 0. The highest BCUT2D eigenvalue weighted by atomic mass is 16.5. The second-order valence-electron chi connectivity index (χ2n) is 5.18. The fraction of sp³-hybridized carbons (Fsp3) is 0.533. The molecule has 1 heterocycles. The van der Waals surface area contributed by atoms with Gasteiger partial charge in [0.1, 0.15) is 0 Å². The first-order valence-electron chi connectivity index (χ1n) is 6.77.